The van der Waals surface area contributed by atoms with Gasteiger partial charge in [-0.2, -0.15) is 0 Å². The molecule has 1 fully saturated rings. The van der Waals surface area contributed by atoms with Crippen molar-refractivity contribution in [1.29, 1.82) is 0 Å². The van der Waals surface area contributed by atoms with Crippen LogP contribution in [-0.2, 0) is 11.2 Å². The van der Waals surface area contributed by atoms with Gasteiger partial charge in [0.2, 0.25) is 5.91 Å². The lowest BCUT2D eigenvalue weighted by Crippen LogP contribution is -2.52. The maximum Gasteiger partial charge on any atom is 0.253 e. The van der Waals surface area contributed by atoms with Crippen LogP contribution in [0.5, 0.6) is 11.5 Å². The predicted octanol–water partition coefficient (Wildman–Crippen LogP) is 5.02. The second-order valence-corrected chi connectivity index (χ2v) is 10.5. The molecule has 7 heteroatoms. The van der Waals surface area contributed by atoms with Crippen LogP contribution in [0.25, 0.3) is 5.69 Å². The number of piperidine rings is 1. The second kappa shape index (κ2) is 11.3. The number of aromatic nitrogens is 1. The molecular weight excluding hydrogens is 478 g/mol. The number of aryl methyl sites for hydroxylation is 1. The molecule has 3 heterocycles. The lowest BCUT2D eigenvalue weighted by Gasteiger charge is -2.41. The lowest BCUT2D eigenvalue weighted by molar-refractivity contribution is -0.135. The van der Waals surface area contributed by atoms with Crippen LogP contribution in [0.3, 0.4) is 0 Å². The molecule has 38 heavy (non-hydrogen) atoms. The molecule has 0 bridgehead atoms. The standard InChI is InChI=1S/C31H37N3O4/c1-23-22-38-27-11-4-3-9-24(27)10-5-6-14-31(30(36)32-23)15-19-34(20-16-31)29(35)25-12-13-28(37-2)26(21-25)33-17-7-8-18-33/h3-4,7-9,11-13,17-18,21,23H,5-6,10,14-16,19-20,22H2,1-2H3,(H,32,36)/t23-/m0/s1. The van der Waals surface area contributed by atoms with Crippen molar-refractivity contribution < 1.29 is 19.1 Å². The van der Waals surface area contributed by atoms with Gasteiger partial charge in [0.05, 0.1) is 24.3 Å². The molecule has 2 aliphatic heterocycles. The Bertz CT molecular complexity index is 1260. The maximum atomic E-state index is 13.6. The molecule has 1 spiro atoms. The monoisotopic (exact) mass is 515 g/mol. The third-order valence-electron chi connectivity index (χ3n) is 7.99. The number of methoxy groups -OCH3 is 1. The van der Waals surface area contributed by atoms with E-state index in [1.54, 1.807) is 7.11 Å². The van der Waals surface area contributed by atoms with Gasteiger partial charge < -0.3 is 24.3 Å². The number of likely N-dealkylation sites (tertiary alicyclic amines) is 1. The Hall–Kier alpha value is -3.74. The van der Waals surface area contributed by atoms with Crippen LogP contribution in [0.4, 0.5) is 0 Å². The van der Waals surface area contributed by atoms with Crippen LogP contribution in [0.15, 0.2) is 67.0 Å². The molecule has 5 rings (SSSR count). The highest BCUT2D eigenvalue weighted by molar-refractivity contribution is 5.95. The number of hydrogen-bond acceptors (Lipinski definition) is 4. The quantitative estimate of drug-likeness (QED) is 0.532. The van der Waals surface area contributed by atoms with Crippen molar-refractivity contribution in [3.63, 3.8) is 0 Å². The molecule has 1 aromatic heterocycles. The summed E-state index contributed by atoms with van der Waals surface area (Å²) in [5.41, 5.74) is 2.21. The summed E-state index contributed by atoms with van der Waals surface area (Å²) in [4.78, 5) is 29.0. The van der Waals surface area contributed by atoms with Crippen LogP contribution in [-0.4, -0.2) is 54.1 Å². The number of benzene rings is 2. The van der Waals surface area contributed by atoms with Crippen molar-refractivity contribution in [2.75, 3.05) is 26.8 Å². The summed E-state index contributed by atoms with van der Waals surface area (Å²) in [5, 5.41) is 3.22. The fourth-order valence-corrected chi connectivity index (χ4v) is 5.69. The van der Waals surface area contributed by atoms with E-state index in [-0.39, 0.29) is 17.9 Å². The Morgan fingerprint density at radius 1 is 1.03 bits per heavy atom. The summed E-state index contributed by atoms with van der Waals surface area (Å²) in [6.07, 6.45) is 8.92. The van der Waals surface area contributed by atoms with E-state index in [4.69, 9.17) is 9.47 Å². The Labute approximate surface area is 224 Å². The van der Waals surface area contributed by atoms with Crippen LogP contribution in [0, 0.1) is 5.41 Å². The van der Waals surface area contributed by atoms with E-state index in [0.29, 0.717) is 43.9 Å². The first-order chi connectivity index (χ1) is 18.5. The fourth-order valence-electron chi connectivity index (χ4n) is 5.69. The van der Waals surface area contributed by atoms with Crippen molar-refractivity contribution >= 4 is 11.8 Å². The van der Waals surface area contributed by atoms with Crippen molar-refractivity contribution in [3.05, 3.63) is 78.1 Å². The molecule has 2 aromatic carbocycles. The smallest absolute Gasteiger partial charge is 0.253 e. The molecular formula is C31H37N3O4. The fraction of sp³-hybridized carbons (Fsp3) is 0.419. The van der Waals surface area contributed by atoms with Gasteiger partial charge in [-0.15, -0.1) is 0 Å². The van der Waals surface area contributed by atoms with E-state index >= 15 is 0 Å². The first-order valence-corrected chi connectivity index (χ1v) is 13.6. The van der Waals surface area contributed by atoms with Gasteiger partial charge in [-0.25, -0.2) is 0 Å². The highest BCUT2D eigenvalue weighted by Gasteiger charge is 2.42. The molecule has 3 aromatic rings. The third kappa shape index (κ3) is 5.42. The number of amides is 2. The molecule has 2 amide bonds. The molecule has 7 nitrogen and oxygen atoms in total. The van der Waals surface area contributed by atoms with Gasteiger partial charge in [0, 0.05) is 31.0 Å². The molecule has 0 radical (unpaired) electrons. The number of carbonyl (C=O) groups is 2. The van der Waals surface area contributed by atoms with Gasteiger partial charge in [0.15, 0.2) is 0 Å². The average molecular weight is 516 g/mol. The van der Waals surface area contributed by atoms with E-state index in [0.717, 1.165) is 37.1 Å². The van der Waals surface area contributed by atoms with Crippen LogP contribution < -0.4 is 14.8 Å². The van der Waals surface area contributed by atoms with Crippen LogP contribution in [0.2, 0.25) is 0 Å². The summed E-state index contributed by atoms with van der Waals surface area (Å²) in [7, 11) is 1.63. The number of nitrogens with one attached hydrogen (secondary N) is 1. The first kappa shape index (κ1) is 25.9. The Morgan fingerprint density at radius 2 is 1.79 bits per heavy atom. The highest BCUT2D eigenvalue weighted by Crippen LogP contribution is 2.38. The molecule has 0 aliphatic carbocycles. The summed E-state index contributed by atoms with van der Waals surface area (Å²) in [6.45, 7) is 3.55. The minimum atomic E-state index is -0.458. The SMILES string of the molecule is COc1ccc(C(=O)N2CCC3(CCCCc4ccccc4OC[C@H](C)NC3=O)CC2)cc1-n1cccc1. The summed E-state index contributed by atoms with van der Waals surface area (Å²) in [6, 6.07) is 17.5. The lowest BCUT2D eigenvalue weighted by atomic mass is 9.73. The minimum absolute atomic E-state index is 0.0113. The molecule has 1 saturated heterocycles. The molecule has 0 saturated carbocycles. The number of hydrogen-bond donors (Lipinski definition) is 1. The zero-order valence-corrected chi connectivity index (χ0v) is 22.3. The van der Waals surface area contributed by atoms with Gasteiger partial charge in [0.25, 0.3) is 5.91 Å². The molecule has 1 N–H and O–H groups in total. The Kier molecular flexibility index (Phi) is 7.72. The zero-order valence-electron chi connectivity index (χ0n) is 22.3. The van der Waals surface area contributed by atoms with Crippen molar-refractivity contribution in [3.8, 4) is 17.2 Å². The van der Waals surface area contributed by atoms with Gasteiger partial charge in [0.1, 0.15) is 18.1 Å². The van der Waals surface area contributed by atoms with Gasteiger partial charge in [-0.05, 0) is 81.0 Å². The molecule has 0 unspecified atom stereocenters. The minimum Gasteiger partial charge on any atom is -0.495 e. The number of ether oxygens (including phenoxy) is 2. The van der Waals surface area contributed by atoms with Gasteiger partial charge >= 0.3 is 0 Å². The number of fused-ring (bicyclic) bond motifs is 1. The van der Waals surface area contributed by atoms with Gasteiger partial charge in [-0.3, -0.25) is 9.59 Å². The van der Waals surface area contributed by atoms with Gasteiger partial charge in [-0.1, -0.05) is 24.6 Å². The summed E-state index contributed by atoms with van der Waals surface area (Å²) in [5.74, 6) is 1.70. The largest absolute Gasteiger partial charge is 0.495 e. The molecule has 2 aliphatic rings. The van der Waals surface area contributed by atoms with Crippen molar-refractivity contribution in [1.82, 2.24) is 14.8 Å². The topological polar surface area (TPSA) is 72.8 Å². The van der Waals surface area contributed by atoms with E-state index in [1.807, 2.05) is 71.2 Å². The van der Waals surface area contributed by atoms with E-state index in [9.17, 15) is 9.59 Å². The Morgan fingerprint density at radius 3 is 2.55 bits per heavy atom. The number of rotatable bonds is 3. The summed E-state index contributed by atoms with van der Waals surface area (Å²) < 4.78 is 13.5. The zero-order chi connectivity index (χ0) is 26.5. The average Bonchev–Trinajstić information content (AvgIpc) is 3.49. The maximum absolute atomic E-state index is 13.6. The first-order valence-electron chi connectivity index (χ1n) is 13.6. The molecule has 1 atom stereocenters. The van der Waals surface area contributed by atoms with Crippen molar-refractivity contribution in [2.45, 2.75) is 51.5 Å². The van der Waals surface area contributed by atoms with E-state index in [2.05, 4.69) is 17.4 Å². The third-order valence-corrected chi connectivity index (χ3v) is 7.99. The normalized spacial score (nSPS) is 19.9. The van der Waals surface area contributed by atoms with E-state index in [1.165, 1.54) is 5.56 Å². The number of nitrogens with zero attached hydrogens (tertiary/aromatic N) is 2. The number of carbonyl (C=O) groups excluding carboxylic acids is 2. The van der Waals surface area contributed by atoms with Crippen LogP contribution in [0.1, 0.15) is 54.9 Å². The second-order valence-electron chi connectivity index (χ2n) is 10.5. The summed E-state index contributed by atoms with van der Waals surface area (Å²) >= 11 is 0. The van der Waals surface area contributed by atoms with E-state index < -0.39 is 5.41 Å². The van der Waals surface area contributed by atoms with Crippen molar-refractivity contribution in [2.24, 2.45) is 5.41 Å². The highest BCUT2D eigenvalue weighted by atomic mass is 16.5. The Balaban J connectivity index is 1.29. The molecule has 200 valence electrons. The van der Waals surface area contributed by atoms with Crippen LogP contribution >= 0.6 is 0 Å². The number of para-hydroxylation sites is 1. The predicted molar refractivity (Wildman–Crippen MR) is 147 cm³/mol.